The number of pyridine rings is 1. The second-order valence-electron chi connectivity index (χ2n) is 5.28. The summed E-state index contributed by atoms with van der Waals surface area (Å²) in [5.74, 6) is 2.93. The Morgan fingerprint density at radius 3 is 2.95 bits per heavy atom. The monoisotopic (exact) mass is 260 g/mol. The molecule has 0 saturated heterocycles. The summed E-state index contributed by atoms with van der Waals surface area (Å²) in [6.45, 7) is 6.14. The zero-order chi connectivity index (χ0) is 13.5. The summed E-state index contributed by atoms with van der Waals surface area (Å²) in [6.07, 6.45) is 7.92. The van der Waals surface area contributed by atoms with Crippen LogP contribution >= 0.6 is 0 Å². The molecular formula is C16H24N2O. The topological polar surface area (TPSA) is 34.1 Å². The minimum absolute atomic E-state index is 0.610. The first-order valence-corrected chi connectivity index (χ1v) is 7.28. The van der Waals surface area contributed by atoms with E-state index in [-0.39, 0.29) is 0 Å². The fraction of sp³-hybridized carbons (Fsp3) is 0.562. The van der Waals surface area contributed by atoms with Crippen LogP contribution in [0.1, 0.15) is 33.1 Å². The SMILES string of the molecule is CCCNc1cccc(OCC2CC=CCC2C)n1. The van der Waals surface area contributed by atoms with Gasteiger partial charge in [0, 0.05) is 12.6 Å². The standard InChI is InChI=1S/C16H24N2O/c1-3-11-17-15-9-6-10-16(18-15)19-12-14-8-5-4-7-13(14)2/h4-6,9-10,13-14H,3,7-8,11-12H2,1-2H3,(H,17,18). The lowest BCUT2D eigenvalue weighted by molar-refractivity contribution is 0.193. The Kier molecular flexibility index (Phi) is 5.25. The van der Waals surface area contributed by atoms with Crippen LogP contribution in [0.4, 0.5) is 5.82 Å². The summed E-state index contributed by atoms with van der Waals surface area (Å²) >= 11 is 0. The molecule has 1 aliphatic rings. The quantitative estimate of drug-likeness (QED) is 0.788. The van der Waals surface area contributed by atoms with Crippen LogP contribution in [0.25, 0.3) is 0 Å². The van der Waals surface area contributed by atoms with Crippen molar-refractivity contribution in [1.82, 2.24) is 4.98 Å². The Bertz CT molecular complexity index is 417. The maximum absolute atomic E-state index is 5.85. The lowest BCUT2D eigenvalue weighted by Gasteiger charge is -2.24. The highest BCUT2D eigenvalue weighted by atomic mass is 16.5. The van der Waals surface area contributed by atoms with Gasteiger partial charge in [-0.15, -0.1) is 0 Å². The van der Waals surface area contributed by atoms with Crippen LogP contribution in [0, 0.1) is 11.8 Å². The molecule has 1 aromatic heterocycles. The summed E-state index contributed by atoms with van der Waals surface area (Å²) in [7, 11) is 0. The van der Waals surface area contributed by atoms with E-state index in [1.54, 1.807) is 0 Å². The molecule has 19 heavy (non-hydrogen) atoms. The van der Waals surface area contributed by atoms with Crippen molar-refractivity contribution in [2.75, 3.05) is 18.5 Å². The van der Waals surface area contributed by atoms with E-state index in [0.717, 1.165) is 37.7 Å². The molecule has 2 rings (SSSR count). The van der Waals surface area contributed by atoms with Crippen LogP contribution in [0.5, 0.6) is 5.88 Å². The fourth-order valence-corrected chi connectivity index (χ4v) is 2.28. The maximum atomic E-state index is 5.85. The molecule has 0 spiro atoms. The summed E-state index contributed by atoms with van der Waals surface area (Å²) < 4.78 is 5.85. The van der Waals surface area contributed by atoms with Gasteiger partial charge in [0.15, 0.2) is 0 Å². The number of ether oxygens (including phenoxy) is 1. The van der Waals surface area contributed by atoms with Gasteiger partial charge >= 0.3 is 0 Å². The van der Waals surface area contributed by atoms with Gasteiger partial charge in [-0.3, -0.25) is 0 Å². The molecule has 3 heteroatoms. The van der Waals surface area contributed by atoms with Crippen molar-refractivity contribution in [3.05, 3.63) is 30.4 Å². The van der Waals surface area contributed by atoms with Gasteiger partial charge < -0.3 is 10.1 Å². The van der Waals surface area contributed by atoms with Crippen molar-refractivity contribution in [2.45, 2.75) is 33.1 Å². The lowest BCUT2D eigenvalue weighted by atomic mass is 9.85. The van der Waals surface area contributed by atoms with Gasteiger partial charge in [0.2, 0.25) is 5.88 Å². The van der Waals surface area contributed by atoms with Crippen LogP contribution < -0.4 is 10.1 Å². The van der Waals surface area contributed by atoms with E-state index < -0.39 is 0 Å². The van der Waals surface area contributed by atoms with Gasteiger partial charge in [0.25, 0.3) is 0 Å². The molecular weight excluding hydrogens is 236 g/mol. The van der Waals surface area contributed by atoms with Gasteiger partial charge in [-0.2, -0.15) is 4.98 Å². The highest BCUT2D eigenvalue weighted by Crippen LogP contribution is 2.25. The minimum Gasteiger partial charge on any atom is -0.477 e. The summed E-state index contributed by atoms with van der Waals surface area (Å²) in [4.78, 5) is 4.47. The number of rotatable bonds is 6. The minimum atomic E-state index is 0.610. The molecule has 0 aromatic carbocycles. The molecule has 0 amide bonds. The molecule has 1 aromatic rings. The number of hydrogen-bond acceptors (Lipinski definition) is 3. The third-order valence-electron chi connectivity index (χ3n) is 3.64. The molecule has 0 aliphatic heterocycles. The van der Waals surface area contributed by atoms with Gasteiger partial charge in [-0.05, 0) is 37.2 Å². The Morgan fingerprint density at radius 1 is 1.32 bits per heavy atom. The number of nitrogens with one attached hydrogen (secondary N) is 1. The van der Waals surface area contributed by atoms with Crippen LogP contribution in [0.2, 0.25) is 0 Å². The van der Waals surface area contributed by atoms with Crippen molar-refractivity contribution in [2.24, 2.45) is 11.8 Å². The fourth-order valence-electron chi connectivity index (χ4n) is 2.28. The Labute approximate surface area is 116 Å². The predicted molar refractivity (Wildman–Crippen MR) is 79.5 cm³/mol. The number of nitrogens with zero attached hydrogens (tertiary/aromatic N) is 1. The second-order valence-corrected chi connectivity index (χ2v) is 5.28. The lowest BCUT2D eigenvalue weighted by Crippen LogP contribution is -2.21. The van der Waals surface area contributed by atoms with E-state index in [9.17, 15) is 0 Å². The van der Waals surface area contributed by atoms with Crippen molar-refractivity contribution in [1.29, 1.82) is 0 Å². The molecule has 0 bridgehead atoms. The highest BCUT2D eigenvalue weighted by Gasteiger charge is 2.19. The van der Waals surface area contributed by atoms with Crippen molar-refractivity contribution >= 4 is 5.82 Å². The van der Waals surface area contributed by atoms with E-state index in [0.29, 0.717) is 11.8 Å². The second kappa shape index (κ2) is 7.17. The Hall–Kier alpha value is -1.51. The first kappa shape index (κ1) is 13.9. The predicted octanol–water partition coefficient (Wildman–Crippen LogP) is 3.88. The van der Waals surface area contributed by atoms with Crippen molar-refractivity contribution in [3.8, 4) is 5.88 Å². The largest absolute Gasteiger partial charge is 0.477 e. The van der Waals surface area contributed by atoms with E-state index in [1.165, 1.54) is 6.42 Å². The molecule has 0 saturated carbocycles. The third-order valence-corrected chi connectivity index (χ3v) is 3.64. The van der Waals surface area contributed by atoms with Crippen molar-refractivity contribution in [3.63, 3.8) is 0 Å². The molecule has 0 radical (unpaired) electrons. The molecule has 2 unspecified atom stereocenters. The van der Waals surface area contributed by atoms with Crippen molar-refractivity contribution < 1.29 is 4.74 Å². The van der Waals surface area contributed by atoms with E-state index in [4.69, 9.17) is 4.74 Å². The van der Waals surface area contributed by atoms with Gasteiger partial charge in [-0.1, -0.05) is 32.1 Å². The zero-order valence-electron chi connectivity index (χ0n) is 11.9. The number of anilines is 1. The zero-order valence-corrected chi connectivity index (χ0v) is 11.9. The summed E-state index contributed by atoms with van der Waals surface area (Å²) in [5.41, 5.74) is 0. The van der Waals surface area contributed by atoms with Crippen LogP contribution in [0.3, 0.4) is 0 Å². The molecule has 0 fully saturated rings. The van der Waals surface area contributed by atoms with E-state index in [1.807, 2.05) is 18.2 Å². The smallest absolute Gasteiger partial charge is 0.215 e. The molecule has 2 atom stereocenters. The molecule has 104 valence electrons. The van der Waals surface area contributed by atoms with Gasteiger partial charge in [-0.25, -0.2) is 0 Å². The number of hydrogen-bond donors (Lipinski definition) is 1. The number of allylic oxidation sites excluding steroid dienone is 2. The Morgan fingerprint density at radius 2 is 2.16 bits per heavy atom. The van der Waals surface area contributed by atoms with Crippen LogP contribution in [-0.4, -0.2) is 18.1 Å². The third kappa shape index (κ3) is 4.27. The molecule has 3 nitrogen and oxygen atoms in total. The normalized spacial score (nSPS) is 22.2. The number of aromatic nitrogens is 1. The average Bonchev–Trinajstić information content (AvgIpc) is 2.45. The highest BCUT2D eigenvalue weighted by molar-refractivity contribution is 5.36. The first-order chi connectivity index (χ1) is 9.29. The Balaban J connectivity index is 1.86. The van der Waals surface area contributed by atoms with Gasteiger partial charge in [0.1, 0.15) is 5.82 Å². The average molecular weight is 260 g/mol. The summed E-state index contributed by atoms with van der Waals surface area (Å²) in [6, 6.07) is 5.90. The van der Waals surface area contributed by atoms with E-state index >= 15 is 0 Å². The van der Waals surface area contributed by atoms with Crippen LogP contribution in [-0.2, 0) is 0 Å². The molecule has 1 aliphatic carbocycles. The molecule has 1 N–H and O–H groups in total. The van der Waals surface area contributed by atoms with Gasteiger partial charge in [0.05, 0.1) is 6.61 Å². The maximum Gasteiger partial charge on any atom is 0.215 e. The van der Waals surface area contributed by atoms with Crippen LogP contribution in [0.15, 0.2) is 30.4 Å². The van der Waals surface area contributed by atoms with E-state index in [2.05, 4.69) is 36.3 Å². The first-order valence-electron chi connectivity index (χ1n) is 7.28. The molecule has 1 heterocycles. The summed E-state index contributed by atoms with van der Waals surface area (Å²) in [5, 5.41) is 3.28.